The van der Waals surface area contributed by atoms with E-state index < -0.39 is 0 Å². The van der Waals surface area contributed by atoms with Crippen LogP contribution in [-0.4, -0.2) is 23.6 Å². The smallest absolute Gasteiger partial charge is 0.295 e. The van der Waals surface area contributed by atoms with Crippen molar-refractivity contribution in [2.75, 3.05) is 18.4 Å². The van der Waals surface area contributed by atoms with Gasteiger partial charge in [-0.25, -0.2) is 0 Å². The van der Waals surface area contributed by atoms with Crippen LogP contribution in [-0.2, 0) is 0 Å². The molecule has 0 radical (unpaired) electrons. The van der Waals surface area contributed by atoms with Crippen LogP contribution in [0.1, 0.15) is 25.3 Å². The quantitative estimate of drug-likeness (QED) is 0.638. The number of hydrogen-bond acceptors (Lipinski definition) is 4. The first-order chi connectivity index (χ1) is 8.52. The molecule has 5 nitrogen and oxygen atoms in total. The molecule has 5 heteroatoms. The Morgan fingerprint density at radius 2 is 2.06 bits per heavy atom. The van der Waals surface area contributed by atoms with E-state index in [9.17, 15) is 10.1 Å². The third-order valence-corrected chi connectivity index (χ3v) is 3.56. The number of aryl methyl sites for hydroxylation is 1. The highest BCUT2D eigenvalue weighted by Crippen LogP contribution is 2.32. The number of rotatable bonds is 3. The molecule has 1 aliphatic heterocycles. The van der Waals surface area contributed by atoms with Crippen LogP contribution in [0.5, 0.6) is 0 Å². The van der Waals surface area contributed by atoms with Gasteiger partial charge in [0.25, 0.3) is 5.69 Å². The van der Waals surface area contributed by atoms with Crippen LogP contribution in [0.25, 0.3) is 0 Å². The van der Waals surface area contributed by atoms with Crippen molar-refractivity contribution in [3.63, 3.8) is 0 Å². The Kier molecular flexibility index (Phi) is 3.52. The second kappa shape index (κ2) is 4.94. The van der Waals surface area contributed by atoms with Gasteiger partial charge in [0.1, 0.15) is 5.69 Å². The molecule has 0 aliphatic carbocycles. The molecule has 0 spiro atoms. The fraction of sp³-hybridized carbons (Fsp3) is 0.538. The maximum Gasteiger partial charge on any atom is 0.295 e. The Balaban J connectivity index is 2.28. The number of nitro benzene ring substituents is 1. The van der Waals surface area contributed by atoms with Crippen molar-refractivity contribution in [3.8, 4) is 0 Å². The first-order valence-electron chi connectivity index (χ1n) is 6.25. The Labute approximate surface area is 107 Å². The first-order valence-corrected chi connectivity index (χ1v) is 6.25. The highest BCUT2D eigenvalue weighted by Gasteiger charge is 2.29. The van der Waals surface area contributed by atoms with E-state index in [4.69, 9.17) is 0 Å². The molecule has 0 aromatic heterocycles. The molecule has 1 aromatic rings. The Morgan fingerprint density at radius 1 is 1.39 bits per heavy atom. The summed E-state index contributed by atoms with van der Waals surface area (Å²) in [5.41, 5.74) is 1.45. The van der Waals surface area contributed by atoms with Gasteiger partial charge in [0.05, 0.1) is 4.92 Å². The molecule has 1 aliphatic rings. The second-order valence-corrected chi connectivity index (χ2v) is 5.16. The van der Waals surface area contributed by atoms with Crippen LogP contribution in [0.3, 0.4) is 0 Å². The summed E-state index contributed by atoms with van der Waals surface area (Å²) in [6, 6.07) is 5.42. The summed E-state index contributed by atoms with van der Waals surface area (Å²) in [7, 11) is 0. The molecule has 1 heterocycles. The number of hydrogen-bond donors (Lipinski definition) is 2. The van der Waals surface area contributed by atoms with Crippen LogP contribution in [0, 0.1) is 17.0 Å². The van der Waals surface area contributed by atoms with Crippen molar-refractivity contribution in [1.82, 2.24) is 5.32 Å². The van der Waals surface area contributed by atoms with Gasteiger partial charge in [-0.05, 0) is 45.8 Å². The zero-order valence-corrected chi connectivity index (χ0v) is 10.8. The van der Waals surface area contributed by atoms with Crippen molar-refractivity contribution < 1.29 is 4.92 Å². The van der Waals surface area contributed by atoms with Crippen LogP contribution >= 0.6 is 0 Å². The predicted molar refractivity (Wildman–Crippen MR) is 72.0 cm³/mol. The average Bonchev–Trinajstić information content (AvgIpc) is 2.28. The van der Waals surface area contributed by atoms with Crippen molar-refractivity contribution in [3.05, 3.63) is 33.9 Å². The van der Waals surface area contributed by atoms with E-state index in [-0.39, 0.29) is 16.1 Å². The molecule has 0 unspecified atom stereocenters. The molecule has 0 amide bonds. The largest absolute Gasteiger partial charge is 0.374 e. The minimum Gasteiger partial charge on any atom is -0.374 e. The molecule has 0 bridgehead atoms. The third kappa shape index (κ3) is 2.61. The topological polar surface area (TPSA) is 67.2 Å². The number of nitro groups is 1. The molecule has 1 fully saturated rings. The normalized spacial score (nSPS) is 18.3. The minimum atomic E-state index is -0.303. The lowest BCUT2D eigenvalue weighted by atomic mass is 9.90. The summed E-state index contributed by atoms with van der Waals surface area (Å²) in [6.45, 7) is 5.79. The fourth-order valence-corrected chi connectivity index (χ4v) is 2.43. The van der Waals surface area contributed by atoms with Gasteiger partial charge in [-0.2, -0.15) is 0 Å². The lowest BCUT2D eigenvalue weighted by Gasteiger charge is -2.35. The molecule has 1 saturated heterocycles. The van der Waals surface area contributed by atoms with E-state index >= 15 is 0 Å². The monoisotopic (exact) mass is 249 g/mol. The van der Waals surface area contributed by atoms with E-state index in [1.54, 1.807) is 19.1 Å². The highest BCUT2D eigenvalue weighted by atomic mass is 16.6. The SMILES string of the molecule is Cc1cccc(NC2(C)CCNCC2)c1[N+](=O)[O-]. The van der Waals surface area contributed by atoms with E-state index in [2.05, 4.69) is 17.6 Å². The van der Waals surface area contributed by atoms with Gasteiger partial charge >= 0.3 is 0 Å². The average molecular weight is 249 g/mol. The van der Waals surface area contributed by atoms with Crippen molar-refractivity contribution >= 4 is 11.4 Å². The van der Waals surface area contributed by atoms with Crippen molar-refractivity contribution in [2.45, 2.75) is 32.2 Å². The van der Waals surface area contributed by atoms with Crippen LogP contribution < -0.4 is 10.6 Å². The number of para-hydroxylation sites is 1. The lowest BCUT2D eigenvalue weighted by Crippen LogP contribution is -2.45. The van der Waals surface area contributed by atoms with Gasteiger partial charge in [0, 0.05) is 11.1 Å². The summed E-state index contributed by atoms with van der Waals surface area (Å²) in [5.74, 6) is 0. The van der Waals surface area contributed by atoms with Gasteiger partial charge < -0.3 is 10.6 Å². The molecule has 1 aromatic carbocycles. The number of nitrogens with one attached hydrogen (secondary N) is 2. The molecule has 0 saturated carbocycles. The number of nitrogens with zero attached hydrogens (tertiary/aromatic N) is 1. The maximum absolute atomic E-state index is 11.1. The van der Waals surface area contributed by atoms with Crippen LogP contribution in [0.4, 0.5) is 11.4 Å². The van der Waals surface area contributed by atoms with Crippen LogP contribution in [0.15, 0.2) is 18.2 Å². The van der Waals surface area contributed by atoms with E-state index in [1.807, 2.05) is 6.07 Å². The molecule has 2 N–H and O–H groups in total. The minimum absolute atomic E-state index is 0.0657. The zero-order valence-electron chi connectivity index (χ0n) is 10.8. The Morgan fingerprint density at radius 3 is 2.67 bits per heavy atom. The summed E-state index contributed by atoms with van der Waals surface area (Å²) in [5, 5.41) is 17.8. The summed E-state index contributed by atoms with van der Waals surface area (Å²) < 4.78 is 0. The van der Waals surface area contributed by atoms with Gasteiger partial charge in [0.2, 0.25) is 0 Å². The van der Waals surface area contributed by atoms with Gasteiger partial charge in [-0.15, -0.1) is 0 Å². The molecule has 0 atom stereocenters. The molecular weight excluding hydrogens is 230 g/mol. The summed E-state index contributed by atoms with van der Waals surface area (Å²) in [4.78, 5) is 10.8. The third-order valence-electron chi connectivity index (χ3n) is 3.56. The Hall–Kier alpha value is -1.62. The summed E-state index contributed by atoms with van der Waals surface area (Å²) >= 11 is 0. The molecule has 98 valence electrons. The highest BCUT2D eigenvalue weighted by molar-refractivity contribution is 5.66. The van der Waals surface area contributed by atoms with Crippen molar-refractivity contribution in [2.24, 2.45) is 0 Å². The standard InChI is InChI=1S/C13H19N3O2/c1-10-4-3-5-11(12(10)16(17)18)15-13(2)6-8-14-9-7-13/h3-5,14-15H,6-9H2,1-2H3. The first kappa shape index (κ1) is 12.8. The molecule has 18 heavy (non-hydrogen) atoms. The van der Waals surface area contributed by atoms with Gasteiger partial charge in [0.15, 0.2) is 0 Å². The fourth-order valence-electron chi connectivity index (χ4n) is 2.43. The number of piperidine rings is 1. The summed E-state index contributed by atoms with van der Waals surface area (Å²) in [6.07, 6.45) is 1.94. The van der Waals surface area contributed by atoms with Crippen molar-refractivity contribution in [1.29, 1.82) is 0 Å². The molecular formula is C13H19N3O2. The Bertz CT molecular complexity index is 454. The molecule has 2 rings (SSSR count). The van der Waals surface area contributed by atoms with E-state index in [0.717, 1.165) is 25.9 Å². The van der Waals surface area contributed by atoms with Gasteiger partial charge in [-0.1, -0.05) is 12.1 Å². The maximum atomic E-state index is 11.1. The van der Waals surface area contributed by atoms with E-state index in [1.165, 1.54) is 0 Å². The predicted octanol–water partition coefficient (Wildman–Crippen LogP) is 2.46. The lowest BCUT2D eigenvalue weighted by molar-refractivity contribution is -0.384. The number of anilines is 1. The second-order valence-electron chi connectivity index (χ2n) is 5.16. The van der Waals surface area contributed by atoms with Crippen LogP contribution in [0.2, 0.25) is 0 Å². The number of benzene rings is 1. The van der Waals surface area contributed by atoms with Gasteiger partial charge in [-0.3, -0.25) is 10.1 Å². The zero-order chi connectivity index (χ0) is 13.2. The van der Waals surface area contributed by atoms with E-state index in [0.29, 0.717) is 11.3 Å².